The molecule has 0 aromatic heterocycles. The van der Waals surface area contributed by atoms with E-state index in [0.717, 1.165) is 19.3 Å². The molecule has 0 fully saturated rings. The molecule has 0 rings (SSSR count). The second-order valence-electron chi connectivity index (χ2n) is 12.1. The van der Waals surface area contributed by atoms with Crippen LogP contribution in [0.2, 0.25) is 0 Å². The molecule has 0 aliphatic rings. The fourth-order valence-corrected chi connectivity index (χ4v) is 6.91. The van der Waals surface area contributed by atoms with Crippen molar-refractivity contribution in [2.45, 2.75) is 194 Å². The smallest absolute Gasteiger partial charge is 0.152 e. The van der Waals surface area contributed by atoms with Gasteiger partial charge in [0, 0.05) is 6.61 Å². The number of sulfone groups is 1. The Kier molecular flexibility index (Phi) is 30.3. The molecule has 0 N–H and O–H groups in total. The zero-order chi connectivity index (χ0) is 28.7. The van der Waals surface area contributed by atoms with Gasteiger partial charge in [-0.15, -0.1) is 0 Å². The van der Waals surface area contributed by atoms with Crippen molar-refractivity contribution in [3.05, 3.63) is 12.2 Å². The summed E-state index contributed by atoms with van der Waals surface area (Å²) in [5, 5.41) is 0. The maximum Gasteiger partial charge on any atom is 0.152 e. The lowest BCUT2D eigenvalue weighted by Crippen LogP contribution is -2.23. The summed E-state index contributed by atoms with van der Waals surface area (Å²) in [7, 11) is -3.00. The average molecular weight is 571 g/mol. The maximum atomic E-state index is 12.4. The van der Waals surface area contributed by atoms with Gasteiger partial charge in [0.1, 0.15) is 0 Å². The molecule has 0 saturated carbocycles. The van der Waals surface area contributed by atoms with E-state index in [1.165, 1.54) is 148 Å². The Balaban J connectivity index is 3.45. The van der Waals surface area contributed by atoms with E-state index in [1.54, 1.807) is 0 Å². The predicted octanol–water partition coefficient (Wildman–Crippen LogP) is 11.5. The summed E-state index contributed by atoms with van der Waals surface area (Å²) in [4.78, 5) is 0. The number of ether oxygens (including phenoxy) is 1. The molecule has 1 unspecified atom stereocenters. The molecule has 0 aliphatic heterocycles. The van der Waals surface area contributed by atoms with Crippen LogP contribution in [-0.4, -0.2) is 32.6 Å². The number of unbranched alkanes of at least 4 members (excludes halogenated alkanes) is 23. The summed E-state index contributed by atoms with van der Waals surface area (Å²) in [6.45, 7) is 7.14. The molecular weight excluding hydrogens is 500 g/mol. The van der Waals surface area contributed by atoms with Crippen molar-refractivity contribution in [1.29, 1.82) is 0 Å². The molecule has 0 radical (unpaired) electrons. The van der Waals surface area contributed by atoms with E-state index in [9.17, 15) is 8.42 Å². The first-order valence-corrected chi connectivity index (χ1v) is 19.3. The highest BCUT2D eigenvalue weighted by Crippen LogP contribution is 2.14. The molecule has 0 saturated heterocycles. The maximum absolute atomic E-state index is 12.4. The predicted molar refractivity (Wildman–Crippen MR) is 175 cm³/mol. The largest absolute Gasteiger partial charge is 0.377 e. The molecular formula is C35H70O3S. The Labute approximate surface area is 246 Å². The summed E-state index contributed by atoms with van der Waals surface area (Å²) in [5.74, 6) is 0.504. The van der Waals surface area contributed by atoms with E-state index >= 15 is 0 Å². The molecule has 0 aromatic carbocycles. The third-order valence-corrected chi connectivity index (χ3v) is 9.74. The van der Waals surface area contributed by atoms with Crippen LogP contribution in [0.15, 0.2) is 12.2 Å². The Bertz CT molecular complexity index is 599. The highest BCUT2D eigenvalue weighted by Gasteiger charge is 2.16. The van der Waals surface area contributed by atoms with Crippen LogP contribution in [0.25, 0.3) is 0 Å². The second kappa shape index (κ2) is 30.6. The fraction of sp³-hybridized carbons (Fsp3) is 0.943. The first-order valence-electron chi connectivity index (χ1n) is 17.5. The van der Waals surface area contributed by atoms with Crippen LogP contribution in [0, 0.1) is 0 Å². The minimum absolute atomic E-state index is 0.178. The van der Waals surface area contributed by atoms with E-state index < -0.39 is 9.84 Å². The highest BCUT2D eigenvalue weighted by atomic mass is 32.2. The van der Waals surface area contributed by atoms with Crippen molar-refractivity contribution in [1.82, 2.24) is 0 Å². The zero-order valence-corrected chi connectivity index (χ0v) is 27.7. The van der Waals surface area contributed by atoms with Crippen molar-refractivity contribution in [2.75, 3.05) is 18.1 Å². The van der Waals surface area contributed by atoms with Crippen LogP contribution in [-0.2, 0) is 14.6 Å². The molecule has 1 atom stereocenters. The van der Waals surface area contributed by atoms with Gasteiger partial charge >= 0.3 is 0 Å². The van der Waals surface area contributed by atoms with Gasteiger partial charge in [-0.05, 0) is 45.4 Å². The molecule has 4 heteroatoms. The van der Waals surface area contributed by atoms with E-state index in [-0.39, 0.29) is 11.9 Å². The monoisotopic (exact) mass is 571 g/mol. The van der Waals surface area contributed by atoms with Crippen molar-refractivity contribution < 1.29 is 13.2 Å². The molecule has 0 amide bonds. The quantitative estimate of drug-likeness (QED) is 0.0596. The highest BCUT2D eigenvalue weighted by molar-refractivity contribution is 7.91. The third kappa shape index (κ3) is 32.0. The van der Waals surface area contributed by atoms with Crippen LogP contribution in [0.4, 0.5) is 0 Å². The van der Waals surface area contributed by atoms with E-state index in [1.807, 2.05) is 6.92 Å². The van der Waals surface area contributed by atoms with Crippen LogP contribution in [0.1, 0.15) is 188 Å². The van der Waals surface area contributed by atoms with Crippen LogP contribution >= 0.6 is 0 Å². The molecule has 0 bridgehead atoms. The third-order valence-electron chi connectivity index (χ3n) is 7.86. The van der Waals surface area contributed by atoms with Gasteiger partial charge in [0.25, 0.3) is 0 Å². The lowest BCUT2D eigenvalue weighted by molar-refractivity contribution is 0.0776. The standard InChI is InChI=1S/C35H70O3S/c1-4-6-8-10-12-14-16-18-20-22-24-26-28-30-32-38-35(3)34-39(36,37)33-31-29-27-25-23-21-19-17-15-13-11-9-7-5-2/h14,16,35H,4-13,15,17-34H2,1-3H3. The van der Waals surface area contributed by atoms with Gasteiger partial charge < -0.3 is 4.74 Å². The van der Waals surface area contributed by atoms with Gasteiger partial charge in [0.05, 0.1) is 17.6 Å². The number of hydrogen-bond acceptors (Lipinski definition) is 3. The number of rotatable bonds is 32. The Morgan fingerprint density at radius 3 is 1.33 bits per heavy atom. The summed E-state index contributed by atoms with van der Waals surface area (Å²) in [6.07, 6.45) is 37.9. The van der Waals surface area contributed by atoms with E-state index in [4.69, 9.17) is 4.74 Å². The summed E-state index contributed by atoms with van der Waals surface area (Å²) < 4.78 is 30.7. The number of allylic oxidation sites excluding steroid dienone is 2. The SMILES string of the molecule is CCCCCCC=CCCCCCCCCOC(C)CS(=O)(=O)CCCCCCCCCCCCCCCC. The Morgan fingerprint density at radius 2 is 0.872 bits per heavy atom. The number of hydrogen-bond donors (Lipinski definition) is 0. The lowest BCUT2D eigenvalue weighted by atomic mass is 10.0. The van der Waals surface area contributed by atoms with Gasteiger partial charge in [-0.1, -0.05) is 154 Å². The normalized spacial score (nSPS) is 13.0. The molecule has 0 aliphatic carbocycles. The minimum Gasteiger partial charge on any atom is -0.377 e. The van der Waals surface area contributed by atoms with Crippen LogP contribution in [0.3, 0.4) is 0 Å². The second-order valence-corrected chi connectivity index (χ2v) is 14.4. The lowest BCUT2D eigenvalue weighted by Gasteiger charge is -2.13. The first kappa shape index (κ1) is 38.6. The summed E-state index contributed by atoms with van der Waals surface area (Å²) in [5.41, 5.74) is 0. The van der Waals surface area contributed by atoms with Gasteiger partial charge in [0.15, 0.2) is 9.84 Å². The van der Waals surface area contributed by atoms with Gasteiger partial charge in [-0.25, -0.2) is 8.42 Å². The minimum atomic E-state index is -3.00. The van der Waals surface area contributed by atoms with E-state index in [2.05, 4.69) is 26.0 Å². The summed E-state index contributed by atoms with van der Waals surface area (Å²) >= 11 is 0. The zero-order valence-electron chi connectivity index (χ0n) is 26.9. The fourth-order valence-electron chi connectivity index (χ4n) is 5.29. The van der Waals surface area contributed by atoms with Crippen molar-refractivity contribution in [3.63, 3.8) is 0 Å². The molecule has 0 aromatic rings. The molecule has 0 heterocycles. The first-order chi connectivity index (χ1) is 19.0. The van der Waals surface area contributed by atoms with E-state index in [0.29, 0.717) is 12.4 Å². The topological polar surface area (TPSA) is 43.4 Å². The molecule has 39 heavy (non-hydrogen) atoms. The van der Waals surface area contributed by atoms with Crippen molar-refractivity contribution >= 4 is 9.84 Å². The van der Waals surface area contributed by atoms with Gasteiger partial charge in [0.2, 0.25) is 0 Å². The van der Waals surface area contributed by atoms with Gasteiger partial charge in [-0.2, -0.15) is 0 Å². The van der Waals surface area contributed by atoms with Crippen LogP contribution in [0.5, 0.6) is 0 Å². The molecule has 0 spiro atoms. The Hall–Kier alpha value is -0.350. The Morgan fingerprint density at radius 1 is 0.513 bits per heavy atom. The average Bonchev–Trinajstić information content (AvgIpc) is 2.90. The van der Waals surface area contributed by atoms with Crippen LogP contribution < -0.4 is 0 Å². The van der Waals surface area contributed by atoms with Crippen molar-refractivity contribution in [2.24, 2.45) is 0 Å². The molecule has 3 nitrogen and oxygen atoms in total. The van der Waals surface area contributed by atoms with Gasteiger partial charge in [-0.3, -0.25) is 0 Å². The summed E-state index contributed by atoms with van der Waals surface area (Å²) in [6, 6.07) is 0. The molecule has 234 valence electrons. The van der Waals surface area contributed by atoms with Crippen molar-refractivity contribution in [3.8, 4) is 0 Å².